The number of aromatic nitrogens is 4. The van der Waals surface area contributed by atoms with E-state index in [0.29, 0.717) is 24.3 Å². The Kier molecular flexibility index (Phi) is 7.19. The highest BCUT2D eigenvalue weighted by Gasteiger charge is 2.68. The first kappa shape index (κ1) is 28.1. The van der Waals surface area contributed by atoms with Crippen LogP contribution in [0.1, 0.15) is 39.8 Å². The van der Waals surface area contributed by atoms with Crippen LogP contribution in [0.25, 0.3) is 11.2 Å². The van der Waals surface area contributed by atoms with Crippen LogP contribution in [0, 0.1) is 11.2 Å². The fourth-order valence-electron chi connectivity index (χ4n) is 5.68. The van der Waals surface area contributed by atoms with Gasteiger partial charge in [-0.3, -0.25) is 9.36 Å². The molecule has 0 aliphatic carbocycles. The molecule has 2 fully saturated rings. The van der Waals surface area contributed by atoms with E-state index in [1.54, 1.807) is 39.0 Å². The van der Waals surface area contributed by atoms with E-state index < -0.39 is 41.0 Å². The molecule has 2 saturated heterocycles. The molecule has 0 amide bonds. The van der Waals surface area contributed by atoms with Crippen LogP contribution in [-0.2, 0) is 19.0 Å². The van der Waals surface area contributed by atoms with Crippen molar-refractivity contribution in [2.24, 2.45) is 5.41 Å². The van der Waals surface area contributed by atoms with Gasteiger partial charge in [0.2, 0.25) is 0 Å². The molecule has 0 bridgehead atoms. The molecule has 13 heteroatoms. The summed E-state index contributed by atoms with van der Waals surface area (Å²) in [4.78, 5) is 26.9. The number of nitrogens with two attached hydrogens (primary N) is 1. The molecule has 4 N–H and O–H groups in total. The molecule has 40 heavy (non-hydrogen) atoms. The number of halogens is 1. The highest BCUT2D eigenvalue weighted by atomic mass is 19.1. The maximum absolute atomic E-state index is 14.5. The van der Waals surface area contributed by atoms with E-state index in [9.17, 15) is 19.4 Å². The van der Waals surface area contributed by atoms with Crippen molar-refractivity contribution < 1.29 is 33.6 Å². The predicted octanol–water partition coefficient (Wildman–Crippen LogP) is 1.81. The van der Waals surface area contributed by atoms with Crippen LogP contribution in [-0.4, -0.2) is 85.9 Å². The number of imidazole rings is 1. The van der Waals surface area contributed by atoms with E-state index in [1.165, 1.54) is 30.4 Å². The number of carbonyl (C=O) groups excluding carboxylic acids is 1. The predicted molar refractivity (Wildman–Crippen MR) is 143 cm³/mol. The van der Waals surface area contributed by atoms with Crippen LogP contribution in [0.15, 0.2) is 36.9 Å². The second-order valence-electron chi connectivity index (χ2n) is 11.4. The number of rotatable bonds is 6. The fourth-order valence-corrected chi connectivity index (χ4v) is 5.68. The number of nitrogens with zero attached hydrogens (tertiary/aromatic N) is 5. The van der Waals surface area contributed by atoms with Gasteiger partial charge in [-0.1, -0.05) is 12.1 Å². The van der Waals surface area contributed by atoms with Crippen molar-refractivity contribution in [2.45, 2.75) is 63.3 Å². The first-order valence-corrected chi connectivity index (χ1v) is 13.1. The minimum atomic E-state index is -2.06. The summed E-state index contributed by atoms with van der Waals surface area (Å²) in [5.41, 5.74) is 2.84. The zero-order valence-electron chi connectivity index (χ0n) is 23.0. The molecule has 2 aliphatic heterocycles. The summed E-state index contributed by atoms with van der Waals surface area (Å²) in [6, 6.07) is 6.48. The number of aliphatic hydroxyl groups is 2. The third-order valence-corrected chi connectivity index (χ3v) is 8.00. The van der Waals surface area contributed by atoms with Gasteiger partial charge in [0.25, 0.3) is 0 Å². The van der Waals surface area contributed by atoms with Gasteiger partial charge in [0.05, 0.1) is 17.4 Å². The monoisotopic (exact) mass is 558 g/mol. The molecular weight excluding hydrogens is 523 g/mol. The molecule has 4 atom stereocenters. The Morgan fingerprint density at radius 3 is 2.58 bits per heavy atom. The van der Waals surface area contributed by atoms with Gasteiger partial charge in [-0.25, -0.2) is 19.3 Å². The number of aliphatic hydroxyl groups excluding tert-OH is 1. The lowest BCUT2D eigenvalue weighted by atomic mass is 9.71. The number of para-hydroxylation sites is 1. The van der Waals surface area contributed by atoms with Crippen LogP contribution < -0.4 is 10.6 Å². The van der Waals surface area contributed by atoms with E-state index in [2.05, 4.69) is 15.0 Å². The first-order valence-electron chi connectivity index (χ1n) is 13.1. The number of hydrogen-bond acceptors (Lipinski definition) is 11. The molecule has 2 aliphatic rings. The number of hydrogen-bond donors (Lipinski definition) is 3. The van der Waals surface area contributed by atoms with Crippen molar-refractivity contribution in [3.05, 3.63) is 42.7 Å². The Bertz CT molecular complexity index is 1390. The zero-order chi connectivity index (χ0) is 28.9. The largest absolute Gasteiger partial charge is 0.462 e. The zero-order valence-corrected chi connectivity index (χ0v) is 23.0. The van der Waals surface area contributed by atoms with Gasteiger partial charge >= 0.3 is 5.97 Å². The number of ether oxygens (including phenoxy) is 3. The third kappa shape index (κ3) is 4.46. The van der Waals surface area contributed by atoms with Gasteiger partial charge in [-0.05, 0) is 45.7 Å². The Morgan fingerprint density at radius 1 is 1.23 bits per heavy atom. The molecule has 0 saturated carbocycles. The van der Waals surface area contributed by atoms with Gasteiger partial charge in [0.1, 0.15) is 42.1 Å². The molecule has 0 unspecified atom stereocenters. The van der Waals surface area contributed by atoms with E-state index in [-0.39, 0.29) is 36.7 Å². The highest BCUT2D eigenvalue weighted by Crippen LogP contribution is 2.51. The SMILES string of the molecule is COC1([C@@]2(O)[C@H](O)[C@@H](COC(=O)C(C)(C)C)O[C@H]2n2cnc3c(N)ncnc32)CCN(c2ccccc2F)CC1. The number of anilines is 2. The van der Waals surface area contributed by atoms with Crippen molar-refractivity contribution in [3.8, 4) is 0 Å². The molecule has 5 rings (SSSR count). The van der Waals surface area contributed by atoms with Crippen molar-refractivity contribution in [1.82, 2.24) is 19.5 Å². The normalized spacial score (nSPS) is 26.8. The van der Waals surface area contributed by atoms with Crippen LogP contribution in [0.4, 0.5) is 15.9 Å². The van der Waals surface area contributed by atoms with E-state index >= 15 is 0 Å². The molecule has 1 aromatic carbocycles. The summed E-state index contributed by atoms with van der Waals surface area (Å²) in [6.45, 7) is 5.50. The summed E-state index contributed by atoms with van der Waals surface area (Å²) >= 11 is 0. The van der Waals surface area contributed by atoms with Crippen molar-refractivity contribution >= 4 is 28.6 Å². The van der Waals surface area contributed by atoms with Crippen LogP contribution in [0.5, 0.6) is 0 Å². The van der Waals surface area contributed by atoms with Gasteiger partial charge in [-0.2, -0.15) is 0 Å². The van der Waals surface area contributed by atoms with Gasteiger partial charge < -0.3 is 35.1 Å². The smallest absolute Gasteiger partial charge is 0.311 e. The fraction of sp³-hybridized carbons (Fsp3) is 0.556. The molecule has 12 nitrogen and oxygen atoms in total. The Balaban J connectivity index is 1.52. The lowest BCUT2D eigenvalue weighted by Gasteiger charge is -2.51. The molecule has 4 heterocycles. The van der Waals surface area contributed by atoms with Gasteiger partial charge in [0.15, 0.2) is 23.3 Å². The number of carbonyl (C=O) groups is 1. The summed E-state index contributed by atoms with van der Waals surface area (Å²) < 4.78 is 33.8. The number of methoxy groups -OCH3 is 1. The number of esters is 1. The van der Waals surface area contributed by atoms with Crippen molar-refractivity contribution in [1.29, 1.82) is 0 Å². The molecule has 0 spiro atoms. The maximum atomic E-state index is 14.5. The van der Waals surface area contributed by atoms with Gasteiger partial charge in [-0.15, -0.1) is 0 Å². The van der Waals surface area contributed by atoms with Gasteiger partial charge in [0, 0.05) is 20.2 Å². The summed E-state index contributed by atoms with van der Waals surface area (Å²) in [6.07, 6.45) is -0.773. The number of piperidine rings is 1. The standard InChI is InChI=1S/C27H35FN6O6/c1-25(2,3)24(36)39-13-18-20(35)27(37,23(40-18)34-15-32-19-21(29)30-14-31-22(19)34)26(38-4)9-11-33(12-10-26)17-8-6-5-7-16(17)28/h5-8,14-15,18,20,23,35,37H,9-13H2,1-4H3,(H2,29,30,31)/t18-,20-,23-,27-/m1/s1. The van der Waals surface area contributed by atoms with Crippen molar-refractivity contribution in [2.75, 3.05) is 37.4 Å². The average Bonchev–Trinajstić information content (AvgIpc) is 3.47. The average molecular weight is 559 g/mol. The lowest BCUT2D eigenvalue weighted by molar-refractivity contribution is -0.240. The van der Waals surface area contributed by atoms with Crippen LogP contribution in [0.2, 0.25) is 0 Å². The second kappa shape index (κ2) is 10.2. The van der Waals surface area contributed by atoms with Crippen LogP contribution in [0.3, 0.4) is 0 Å². The van der Waals surface area contributed by atoms with E-state index in [0.717, 1.165) is 0 Å². The highest BCUT2D eigenvalue weighted by molar-refractivity contribution is 5.81. The van der Waals surface area contributed by atoms with E-state index in [4.69, 9.17) is 19.9 Å². The maximum Gasteiger partial charge on any atom is 0.311 e. The molecule has 3 aromatic rings. The minimum absolute atomic E-state index is 0.140. The summed E-state index contributed by atoms with van der Waals surface area (Å²) in [5, 5.41) is 24.2. The molecule has 216 valence electrons. The lowest BCUT2D eigenvalue weighted by Crippen LogP contribution is -2.67. The third-order valence-electron chi connectivity index (χ3n) is 8.00. The Hall–Kier alpha value is -3.39. The topological polar surface area (TPSA) is 158 Å². The molecule has 2 aromatic heterocycles. The van der Waals surface area contributed by atoms with E-state index in [1.807, 2.05) is 4.90 Å². The number of fused-ring (bicyclic) bond motifs is 1. The molecular formula is C27H35FN6O6. The quantitative estimate of drug-likeness (QED) is 0.379. The summed E-state index contributed by atoms with van der Waals surface area (Å²) in [7, 11) is 1.46. The molecule has 0 radical (unpaired) electrons. The first-order chi connectivity index (χ1) is 18.9. The number of benzene rings is 1. The summed E-state index contributed by atoms with van der Waals surface area (Å²) in [5.74, 6) is -0.694. The second-order valence-corrected chi connectivity index (χ2v) is 11.4. The van der Waals surface area contributed by atoms with Crippen molar-refractivity contribution in [3.63, 3.8) is 0 Å². The minimum Gasteiger partial charge on any atom is -0.462 e. The Morgan fingerprint density at radius 2 is 1.93 bits per heavy atom. The van der Waals surface area contributed by atoms with Crippen LogP contribution >= 0.6 is 0 Å². The number of nitrogen functional groups attached to an aromatic ring is 1. The Labute approximate surface area is 230 Å².